The van der Waals surface area contributed by atoms with Crippen LogP contribution >= 0.6 is 11.8 Å². The van der Waals surface area contributed by atoms with Gasteiger partial charge in [0.1, 0.15) is 4.90 Å². The number of anilines is 1. The van der Waals surface area contributed by atoms with Crippen LogP contribution in [0.3, 0.4) is 0 Å². The first kappa shape index (κ1) is 15.2. The second-order valence-corrected chi connectivity index (χ2v) is 8.85. The third-order valence-electron chi connectivity index (χ3n) is 3.87. The molecule has 4 nitrogen and oxygen atoms in total. The van der Waals surface area contributed by atoms with Gasteiger partial charge in [0.05, 0.1) is 5.69 Å². The predicted molar refractivity (Wildman–Crippen MR) is 88.4 cm³/mol. The summed E-state index contributed by atoms with van der Waals surface area (Å²) in [4.78, 5) is 0.373. The van der Waals surface area contributed by atoms with Gasteiger partial charge in [0.2, 0.25) is 10.0 Å². The summed E-state index contributed by atoms with van der Waals surface area (Å²) in [7, 11) is -3.40. The average molecular weight is 326 g/mol. The van der Waals surface area contributed by atoms with E-state index in [0.717, 1.165) is 25.1 Å². The van der Waals surface area contributed by atoms with E-state index in [1.54, 1.807) is 12.1 Å². The Morgan fingerprint density at radius 2 is 1.95 bits per heavy atom. The van der Waals surface area contributed by atoms with E-state index in [9.17, 15) is 8.42 Å². The molecule has 0 amide bonds. The van der Waals surface area contributed by atoms with Gasteiger partial charge in [0, 0.05) is 17.8 Å². The Labute approximate surface area is 131 Å². The maximum absolute atomic E-state index is 12.4. The molecular weight excluding hydrogens is 304 g/mol. The molecule has 6 heteroatoms. The van der Waals surface area contributed by atoms with E-state index >= 15 is 0 Å². The van der Waals surface area contributed by atoms with Crippen LogP contribution in [0.25, 0.3) is 0 Å². The highest BCUT2D eigenvalue weighted by Gasteiger charge is 2.29. The van der Waals surface area contributed by atoms with Crippen molar-refractivity contribution in [2.24, 2.45) is 0 Å². The second kappa shape index (κ2) is 6.58. The lowest BCUT2D eigenvalue weighted by Gasteiger charge is -2.22. The number of nitrogens with one attached hydrogen (secondary N) is 2. The third-order valence-corrected chi connectivity index (χ3v) is 6.85. The second-order valence-electron chi connectivity index (χ2n) is 5.76. The molecule has 1 atom stereocenters. The molecule has 1 aromatic carbocycles. The molecule has 1 saturated heterocycles. The number of hydrogen-bond donors (Lipinski definition) is 2. The van der Waals surface area contributed by atoms with E-state index in [0.29, 0.717) is 10.1 Å². The largest absolute Gasteiger partial charge is 0.383 e. The van der Waals surface area contributed by atoms with Gasteiger partial charge in [-0.15, -0.1) is 0 Å². The topological polar surface area (TPSA) is 58.2 Å². The van der Waals surface area contributed by atoms with Gasteiger partial charge in [0.15, 0.2) is 0 Å². The molecule has 1 aromatic rings. The minimum atomic E-state index is -3.40. The van der Waals surface area contributed by atoms with Gasteiger partial charge in [-0.1, -0.05) is 18.6 Å². The third kappa shape index (κ3) is 4.14. The van der Waals surface area contributed by atoms with Crippen LogP contribution in [0.5, 0.6) is 0 Å². The molecule has 3 rings (SSSR count). The molecule has 0 aromatic heterocycles. The predicted octanol–water partition coefficient (Wildman–Crippen LogP) is 2.82. The minimum absolute atomic E-state index is 0.136. The van der Waals surface area contributed by atoms with Crippen molar-refractivity contribution in [3.8, 4) is 0 Å². The van der Waals surface area contributed by atoms with Crippen molar-refractivity contribution >= 4 is 27.5 Å². The van der Waals surface area contributed by atoms with Gasteiger partial charge in [-0.05, 0) is 43.6 Å². The Morgan fingerprint density at radius 3 is 2.67 bits per heavy atom. The van der Waals surface area contributed by atoms with Crippen molar-refractivity contribution in [1.29, 1.82) is 0 Å². The van der Waals surface area contributed by atoms with E-state index in [-0.39, 0.29) is 6.04 Å². The molecule has 2 aliphatic rings. The zero-order valence-corrected chi connectivity index (χ0v) is 13.7. The standard InChI is InChI=1S/C15H22N2O2S2/c18-21(19,17-12-8-9-12)15-7-2-1-6-14(15)16-11-13-5-3-4-10-20-13/h1-2,6-7,12-13,16-17H,3-5,8-11H2. The van der Waals surface area contributed by atoms with E-state index < -0.39 is 10.0 Å². The molecule has 2 N–H and O–H groups in total. The fraction of sp³-hybridized carbons (Fsp3) is 0.600. The molecule has 0 bridgehead atoms. The monoisotopic (exact) mass is 326 g/mol. The van der Waals surface area contributed by atoms with Gasteiger partial charge >= 0.3 is 0 Å². The average Bonchev–Trinajstić information content (AvgIpc) is 3.30. The number of para-hydroxylation sites is 1. The van der Waals surface area contributed by atoms with Gasteiger partial charge in [-0.2, -0.15) is 11.8 Å². The van der Waals surface area contributed by atoms with Crippen molar-refractivity contribution in [1.82, 2.24) is 4.72 Å². The summed E-state index contributed by atoms with van der Waals surface area (Å²) in [5.41, 5.74) is 0.719. The zero-order valence-electron chi connectivity index (χ0n) is 12.0. The fourth-order valence-electron chi connectivity index (χ4n) is 2.52. The van der Waals surface area contributed by atoms with E-state index in [4.69, 9.17) is 0 Å². The maximum Gasteiger partial charge on any atom is 0.242 e. The number of sulfonamides is 1. The molecule has 1 aliphatic carbocycles. The van der Waals surface area contributed by atoms with Crippen molar-refractivity contribution in [2.75, 3.05) is 17.6 Å². The summed E-state index contributed by atoms with van der Waals surface area (Å²) in [5.74, 6) is 1.22. The zero-order chi connectivity index (χ0) is 14.7. The number of benzene rings is 1. The van der Waals surface area contributed by atoms with Crippen molar-refractivity contribution in [2.45, 2.75) is 48.3 Å². The summed E-state index contributed by atoms with van der Waals surface area (Å²) in [6, 6.07) is 7.33. The highest BCUT2D eigenvalue weighted by atomic mass is 32.2. The summed E-state index contributed by atoms with van der Waals surface area (Å²) >= 11 is 1.99. The van der Waals surface area contributed by atoms with Crippen LogP contribution < -0.4 is 10.0 Å². The molecule has 0 radical (unpaired) electrons. The van der Waals surface area contributed by atoms with E-state index in [2.05, 4.69) is 10.0 Å². The summed E-state index contributed by atoms with van der Waals surface area (Å²) in [5, 5.41) is 3.93. The number of thioether (sulfide) groups is 1. The highest BCUT2D eigenvalue weighted by molar-refractivity contribution is 8.00. The number of rotatable bonds is 6. The SMILES string of the molecule is O=S(=O)(NC1CC1)c1ccccc1NCC1CCCCS1. The molecule has 2 fully saturated rings. The van der Waals surface area contributed by atoms with Crippen LogP contribution in [-0.2, 0) is 10.0 Å². The van der Waals surface area contributed by atoms with Gasteiger partial charge in [0.25, 0.3) is 0 Å². The van der Waals surface area contributed by atoms with E-state index in [1.165, 1.54) is 25.0 Å². The lowest BCUT2D eigenvalue weighted by Crippen LogP contribution is -2.27. The molecule has 1 unspecified atom stereocenters. The fourth-order valence-corrected chi connectivity index (χ4v) is 5.25. The van der Waals surface area contributed by atoms with Gasteiger partial charge < -0.3 is 5.32 Å². The van der Waals surface area contributed by atoms with Crippen LogP contribution in [-0.4, -0.2) is 32.0 Å². The van der Waals surface area contributed by atoms with Gasteiger partial charge in [-0.25, -0.2) is 13.1 Å². The number of hydrogen-bond acceptors (Lipinski definition) is 4. The Morgan fingerprint density at radius 1 is 1.14 bits per heavy atom. The minimum Gasteiger partial charge on any atom is -0.383 e. The van der Waals surface area contributed by atoms with Crippen LogP contribution in [0.1, 0.15) is 32.1 Å². The maximum atomic E-state index is 12.4. The van der Waals surface area contributed by atoms with E-state index in [1.807, 2.05) is 23.9 Å². The van der Waals surface area contributed by atoms with Crippen LogP contribution in [0.4, 0.5) is 5.69 Å². The first-order valence-electron chi connectivity index (χ1n) is 7.62. The molecule has 0 spiro atoms. The van der Waals surface area contributed by atoms with Crippen molar-refractivity contribution in [3.63, 3.8) is 0 Å². The lowest BCUT2D eigenvalue weighted by atomic mass is 10.2. The lowest BCUT2D eigenvalue weighted by molar-refractivity contribution is 0.581. The summed E-state index contributed by atoms with van der Waals surface area (Å²) in [6.07, 6.45) is 5.70. The molecule has 1 saturated carbocycles. The molecular formula is C15H22N2O2S2. The molecule has 1 heterocycles. The van der Waals surface area contributed by atoms with Gasteiger partial charge in [-0.3, -0.25) is 0 Å². The van der Waals surface area contributed by atoms with Crippen LogP contribution in [0.2, 0.25) is 0 Å². The Kier molecular flexibility index (Phi) is 4.76. The molecule has 116 valence electrons. The van der Waals surface area contributed by atoms with Crippen LogP contribution in [0, 0.1) is 0 Å². The van der Waals surface area contributed by atoms with Crippen LogP contribution in [0.15, 0.2) is 29.2 Å². The Balaban J connectivity index is 1.69. The Hall–Kier alpha value is -0.720. The molecule has 1 aliphatic heterocycles. The quantitative estimate of drug-likeness (QED) is 0.844. The van der Waals surface area contributed by atoms with Crippen molar-refractivity contribution in [3.05, 3.63) is 24.3 Å². The normalized spacial score (nSPS) is 23.0. The summed E-state index contributed by atoms with van der Waals surface area (Å²) in [6.45, 7) is 0.834. The first-order chi connectivity index (χ1) is 10.1. The summed E-state index contributed by atoms with van der Waals surface area (Å²) < 4.78 is 27.5. The Bertz CT molecular complexity index is 579. The smallest absolute Gasteiger partial charge is 0.242 e. The molecule has 21 heavy (non-hydrogen) atoms. The van der Waals surface area contributed by atoms with Crippen molar-refractivity contribution < 1.29 is 8.42 Å². The first-order valence-corrected chi connectivity index (χ1v) is 10.2. The highest BCUT2D eigenvalue weighted by Crippen LogP contribution is 2.28.